The third kappa shape index (κ3) is 8.41. The molecule has 1 saturated carbocycles. The number of likely N-dealkylation sites (tertiary alicyclic amines) is 1. The van der Waals surface area contributed by atoms with Crippen LogP contribution in [0.3, 0.4) is 0 Å². The predicted molar refractivity (Wildman–Crippen MR) is 135 cm³/mol. The molecule has 1 saturated heterocycles. The molecule has 1 aliphatic heterocycles. The molecule has 1 N–H and O–H groups in total. The highest BCUT2D eigenvalue weighted by Crippen LogP contribution is 2.28. The molecule has 40 heavy (non-hydrogen) atoms. The molecule has 222 valence electrons. The maximum atomic E-state index is 14.0. The number of halogens is 4. The number of amides is 2. The first-order valence-electron chi connectivity index (χ1n) is 13.7. The average molecular weight is 573 g/mol. The highest BCUT2D eigenvalue weighted by atomic mass is 19.2. The van der Waals surface area contributed by atoms with Gasteiger partial charge in [0, 0.05) is 31.0 Å². The van der Waals surface area contributed by atoms with Crippen LogP contribution in [-0.2, 0) is 23.9 Å². The molecule has 1 heterocycles. The summed E-state index contributed by atoms with van der Waals surface area (Å²) in [4.78, 5) is 52.8. The number of hydrogen-bond donors (Lipinski definition) is 1. The van der Waals surface area contributed by atoms with E-state index in [4.69, 9.17) is 9.47 Å². The summed E-state index contributed by atoms with van der Waals surface area (Å²) in [5.41, 5.74) is 0. The number of esters is 1. The van der Waals surface area contributed by atoms with E-state index < -0.39 is 71.7 Å². The monoisotopic (exact) mass is 572 g/mol. The quantitative estimate of drug-likeness (QED) is 0.244. The van der Waals surface area contributed by atoms with Crippen molar-refractivity contribution in [1.82, 2.24) is 10.2 Å². The van der Waals surface area contributed by atoms with Crippen molar-refractivity contribution in [3.8, 4) is 5.75 Å². The van der Waals surface area contributed by atoms with Gasteiger partial charge in [-0.25, -0.2) is 8.78 Å². The van der Waals surface area contributed by atoms with Crippen LogP contribution < -0.4 is 10.1 Å². The summed E-state index contributed by atoms with van der Waals surface area (Å²) in [5, 5.41) is 2.49. The highest BCUT2D eigenvalue weighted by molar-refractivity contribution is 5.93. The molecule has 0 unspecified atom stereocenters. The van der Waals surface area contributed by atoms with E-state index in [1.54, 1.807) is 18.7 Å². The number of nitrogens with zero attached hydrogens (tertiary/aromatic N) is 1. The average Bonchev–Trinajstić information content (AvgIpc) is 2.94. The van der Waals surface area contributed by atoms with Crippen molar-refractivity contribution in [3.63, 3.8) is 0 Å². The Morgan fingerprint density at radius 3 is 2.10 bits per heavy atom. The van der Waals surface area contributed by atoms with Crippen LogP contribution in [0.15, 0.2) is 6.07 Å². The van der Waals surface area contributed by atoms with E-state index in [1.165, 1.54) is 0 Å². The van der Waals surface area contributed by atoms with Gasteiger partial charge in [0.25, 0.3) is 0 Å². The van der Waals surface area contributed by atoms with Crippen LogP contribution >= 0.6 is 0 Å². The normalized spacial score (nSPS) is 17.4. The number of nitrogens with one attached hydrogen (secondary N) is 1. The summed E-state index contributed by atoms with van der Waals surface area (Å²) in [7, 11) is 0. The van der Waals surface area contributed by atoms with E-state index in [1.807, 2.05) is 0 Å². The van der Waals surface area contributed by atoms with Gasteiger partial charge in [-0.2, -0.15) is 8.78 Å². The summed E-state index contributed by atoms with van der Waals surface area (Å²) in [6.07, 6.45) is 5.06. The molecule has 2 amide bonds. The Bertz CT molecular complexity index is 1060. The lowest BCUT2D eigenvalue weighted by Crippen LogP contribution is -2.50. The van der Waals surface area contributed by atoms with Gasteiger partial charge in [0.15, 0.2) is 23.2 Å². The zero-order valence-corrected chi connectivity index (χ0v) is 22.8. The Balaban J connectivity index is 1.62. The zero-order valence-electron chi connectivity index (χ0n) is 22.8. The lowest BCUT2D eigenvalue weighted by atomic mass is 9.87. The van der Waals surface area contributed by atoms with Crippen molar-refractivity contribution < 1.29 is 46.2 Å². The number of ether oxygens (including phenoxy) is 2. The fraction of sp³-hybridized carbons (Fsp3) is 0.643. The minimum absolute atomic E-state index is 0.00112. The van der Waals surface area contributed by atoms with E-state index in [0.717, 1.165) is 32.1 Å². The lowest BCUT2D eigenvalue weighted by molar-refractivity contribution is -0.147. The molecule has 0 aromatic heterocycles. The second kappa shape index (κ2) is 14.5. The maximum Gasteiger partial charge on any atom is 0.308 e. The number of Topliss-reactive ketones (excluding diaryl/α,β-unsaturated/α-hetero) is 1. The molecule has 0 radical (unpaired) electrons. The number of hydrogen-bond acceptors (Lipinski definition) is 6. The SMILES string of the molecule is CC(C)COC(=O)C[C@H](NC(=O)C1CCN(C(=O)C2CCCCC2)CC1)C(=O)COc1c(F)c(F)cc(F)c1F. The van der Waals surface area contributed by atoms with E-state index in [2.05, 4.69) is 5.32 Å². The summed E-state index contributed by atoms with van der Waals surface area (Å²) >= 11 is 0. The number of ketones is 1. The largest absolute Gasteiger partial charge is 0.479 e. The summed E-state index contributed by atoms with van der Waals surface area (Å²) in [5.74, 6) is -11.2. The van der Waals surface area contributed by atoms with Gasteiger partial charge in [-0.05, 0) is 31.6 Å². The topological polar surface area (TPSA) is 102 Å². The van der Waals surface area contributed by atoms with Crippen LogP contribution in [0.5, 0.6) is 5.75 Å². The van der Waals surface area contributed by atoms with Crippen LogP contribution in [0.2, 0.25) is 0 Å². The zero-order chi connectivity index (χ0) is 29.4. The van der Waals surface area contributed by atoms with E-state index in [9.17, 15) is 36.7 Å². The first kappa shape index (κ1) is 31.3. The Morgan fingerprint density at radius 2 is 1.52 bits per heavy atom. The van der Waals surface area contributed by atoms with Gasteiger partial charge in [0.05, 0.1) is 13.0 Å². The molecule has 2 aliphatic rings. The minimum Gasteiger partial charge on any atom is -0.479 e. The Hall–Kier alpha value is -3.18. The van der Waals surface area contributed by atoms with Crippen molar-refractivity contribution >= 4 is 23.6 Å². The summed E-state index contributed by atoms with van der Waals surface area (Å²) < 4.78 is 64.7. The predicted octanol–water partition coefficient (Wildman–Crippen LogP) is 4.08. The standard InChI is InChI=1S/C28H36F4N2O6/c1-16(2)14-39-23(36)13-21(22(35)15-40-26-24(31)19(29)12-20(30)25(26)32)33-27(37)17-8-10-34(11-9-17)28(38)18-6-4-3-5-7-18/h12,16-18,21H,3-11,13-15H2,1-2H3,(H,33,37)/t21-/m0/s1. The Morgan fingerprint density at radius 1 is 0.925 bits per heavy atom. The molecule has 1 atom stereocenters. The van der Waals surface area contributed by atoms with Crippen LogP contribution in [0, 0.1) is 41.0 Å². The highest BCUT2D eigenvalue weighted by Gasteiger charge is 2.34. The molecule has 0 bridgehead atoms. The van der Waals surface area contributed by atoms with Gasteiger partial charge >= 0.3 is 5.97 Å². The van der Waals surface area contributed by atoms with Crippen molar-refractivity contribution in [3.05, 3.63) is 29.3 Å². The van der Waals surface area contributed by atoms with Crippen LogP contribution in [0.1, 0.15) is 65.2 Å². The van der Waals surface area contributed by atoms with Gasteiger partial charge < -0.3 is 19.7 Å². The summed E-state index contributed by atoms with van der Waals surface area (Å²) in [6.45, 7) is 3.37. The fourth-order valence-corrected chi connectivity index (χ4v) is 4.91. The first-order chi connectivity index (χ1) is 19.0. The second-order valence-electron chi connectivity index (χ2n) is 10.8. The number of carbonyl (C=O) groups is 4. The molecule has 12 heteroatoms. The van der Waals surface area contributed by atoms with Crippen molar-refractivity contribution in [2.24, 2.45) is 17.8 Å². The third-order valence-electron chi connectivity index (χ3n) is 7.22. The van der Waals surface area contributed by atoms with Gasteiger partial charge in [0.2, 0.25) is 23.4 Å². The van der Waals surface area contributed by atoms with Crippen LogP contribution in [0.4, 0.5) is 17.6 Å². The molecule has 3 rings (SSSR count). The molecule has 1 aromatic carbocycles. The van der Waals surface area contributed by atoms with Crippen molar-refractivity contribution in [2.75, 3.05) is 26.3 Å². The number of benzene rings is 1. The Labute approximate surface area is 230 Å². The number of rotatable bonds is 11. The van der Waals surface area contributed by atoms with E-state index in [0.29, 0.717) is 25.9 Å². The van der Waals surface area contributed by atoms with E-state index >= 15 is 0 Å². The van der Waals surface area contributed by atoms with Crippen molar-refractivity contribution in [1.29, 1.82) is 0 Å². The maximum absolute atomic E-state index is 14.0. The first-order valence-corrected chi connectivity index (χ1v) is 13.7. The van der Waals surface area contributed by atoms with Gasteiger partial charge in [-0.1, -0.05) is 33.1 Å². The van der Waals surface area contributed by atoms with Crippen molar-refractivity contribution in [2.45, 2.75) is 71.3 Å². The van der Waals surface area contributed by atoms with Gasteiger partial charge in [0.1, 0.15) is 12.6 Å². The molecule has 1 aromatic rings. The molecule has 0 spiro atoms. The van der Waals surface area contributed by atoms with Gasteiger partial charge in [-0.15, -0.1) is 0 Å². The second-order valence-corrected chi connectivity index (χ2v) is 10.8. The lowest BCUT2D eigenvalue weighted by Gasteiger charge is -2.35. The molecule has 1 aliphatic carbocycles. The van der Waals surface area contributed by atoms with Crippen LogP contribution in [-0.4, -0.2) is 60.8 Å². The molecular weight excluding hydrogens is 536 g/mol. The number of piperidine rings is 1. The minimum atomic E-state index is -1.82. The molecule has 2 fully saturated rings. The van der Waals surface area contributed by atoms with E-state index in [-0.39, 0.29) is 30.4 Å². The smallest absolute Gasteiger partial charge is 0.308 e. The van der Waals surface area contributed by atoms with Gasteiger partial charge in [-0.3, -0.25) is 19.2 Å². The number of carbonyl (C=O) groups excluding carboxylic acids is 4. The van der Waals surface area contributed by atoms with Crippen LogP contribution in [0.25, 0.3) is 0 Å². The third-order valence-corrected chi connectivity index (χ3v) is 7.22. The molecular formula is C28H36F4N2O6. The molecule has 8 nitrogen and oxygen atoms in total. The Kier molecular flexibility index (Phi) is 11.3. The summed E-state index contributed by atoms with van der Waals surface area (Å²) in [6, 6.07) is -1.47. The fourth-order valence-electron chi connectivity index (χ4n) is 4.91.